The molecule has 0 aliphatic carbocycles. The Morgan fingerprint density at radius 2 is 2.04 bits per heavy atom. The predicted molar refractivity (Wildman–Crippen MR) is 101 cm³/mol. The fourth-order valence-corrected chi connectivity index (χ4v) is 3.88. The van der Waals surface area contributed by atoms with Crippen LogP contribution in [0.5, 0.6) is 0 Å². The van der Waals surface area contributed by atoms with E-state index in [1.54, 1.807) is 0 Å². The van der Waals surface area contributed by atoms with Gasteiger partial charge in [0.25, 0.3) is 5.91 Å². The smallest absolute Gasteiger partial charge is 0.274 e. The minimum Gasteiger partial charge on any atom is -0.337 e. The number of pyridine rings is 2. The van der Waals surface area contributed by atoms with E-state index < -0.39 is 0 Å². The summed E-state index contributed by atoms with van der Waals surface area (Å²) in [5.41, 5.74) is 3.26. The highest BCUT2D eigenvalue weighted by molar-refractivity contribution is 5.93. The van der Waals surface area contributed by atoms with Crippen molar-refractivity contribution >= 4 is 17.2 Å². The van der Waals surface area contributed by atoms with E-state index in [0.29, 0.717) is 12.2 Å². The lowest BCUT2D eigenvalue weighted by Crippen LogP contribution is -2.39. The van der Waals surface area contributed by atoms with E-state index >= 15 is 0 Å². The van der Waals surface area contributed by atoms with E-state index in [4.69, 9.17) is 0 Å². The molecule has 0 N–H and O–H groups in total. The van der Waals surface area contributed by atoms with Gasteiger partial charge in [-0.2, -0.15) is 0 Å². The third-order valence-electron chi connectivity index (χ3n) is 5.23. The van der Waals surface area contributed by atoms with Gasteiger partial charge in [0.1, 0.15) is 17.2 Å². The Morgan fingerprint density at radius 3 is 2.96 bits per heavy atom. The summed E-state index contributed by atoms with van der Waals surface area (Å²) < 4.78 is 3.93. The number of amides is 1. The Hall–Kier alpha value is -3.22. The number of fused-ring (bicyclic) bond motifs is 2. The highest BCUT2D eigenvalue weighted by Crippen LogP contribution is 2.27. The predicted octanol–water partition coefficient (Wildman–Crippen LogP) is 2.71. The molecular weight excluding hydrogens is 340 g/mol. The van der Waals surface area contributed by atoms with Gasteiger partial charge >= 0.3 is 0 Å². The van der Waals surface area contributed by atoms with Gasteiger partial charge in [-0.1, -0.05) is 12.1 Å². The molecule has 1 fully saturated rings. The van der Waals surface area contributed by atoms with Crippen LogP contribution in [0.3, 0.4) is 0 Å². The molecule has 1 atom stereocenters. The number of likely N-dealkylation sites (tertiary alicyclic amines) is 1. The topological polar surface area (TPSA) is 67.8 Å². The summed E-state index contributed by atoms with van der Waals surface area (Å²) in [6, 6.07) is 9.82. The number of rotatable bonds is 2. The Bertz CT molecular complexity index is 1140. The Labute approximate surface area is 156 Å². The summed E-state index contributed by atoms with van der Waals surface area (Å²) in [6.45, 7) is 3.42. The zero-order chi connectivity index (χ0) is 18.4. The highest BCUT2D eigenvalue weighted by Gasteiger charge is 2.29. The number of aryl methyl sites for hydroxylation is 1. The van der Waals surface area contributed by atoms with Gasteiger partial charge < -0.3 is 9.30 Å². The molecule has 0 radical (unpaired) electrons. The first-order valence-corrected chi connectivity index (χ1v) is 9.23. The zero-order valence-corrected chi connectivity index (χ0v) is 15.1. The molecule has 1 amide bonds. The summed E-state index contributed by atoms with van der Waals surface area (Å²) in [4.78, 5) is 19.4. The van der Waals surface area contributed by atoms with Crippen LogP contribution in [0.4, 0.5) is 0 Å². The zero-order valence-electron chi connectivity index (χ0n) is 15.1. The van der Waals surface area contributed by atoms with Crippen molar-refractivity contribution in [2.45, 2.75) is 25.7 Å². The van der Waals surface area contributed by atoms with Crippen LogP contribution < -0.4 is 0 Å². The molecule has 1 aliphatic heterocycles. The maximum Gasteiger partial charge on any atom is 0.274 e. The van der Waals surface area contributed by atoms with Crippen LogP contribution in [-0.4, -0.2) is 47.9 Å². The molecule has 0 bridgehead atoms. The standard InChI is InChI=1S/C20H20N6O/c1-14-7-8-17-21-16(13-25(17)11-14)20(27)24-9-4-5-15(12-24)19-23-22-18-6-2-3-10-26(18)19/h2-3,6-8,10-11,13,15H,4-5,9,12H2,1H3. The third-order valence-corrected chi connectivity index (χ3v) is 5.23. The van der Waals surface area contributed by atoms with Crippen molar-refractivity contribution in [3.63, 3.8) is 0 Å². The second-order valence-corrected chi connectivity index (χ2v) is 7.18. The largest absolute Gasteiger partial charge is 0.337 e. The van der Waals surface area contributed by atoms with Crippen molar-refractivity contribution < 1.29 is 4.79 Å². The van der Waals surface area contributed by atoms with E-state index in [9.17, 15) is 4.79 Å². The van der Waals surface area contributed by atoms with Crippen molar-refractivity contribution in [2.75, 3.05) is 13.1 Å². The van der Waals surface area contributed by atoms with E-state index in [2.05, 4.69) is 15.2 Å². The maximum atomic E-state index is 13.0. The lowest BCUT2D eigenvalue weighted by atomic mass is 9.97. The Balaban J connectivity index is 1.42. The number of hydrogen-bond acceptors (Lipinski definition) is 4. The van der Waals surface area contributed by atoms with Gasteiger partial charge in [0.2, 0.25) is 0 Å². The molecule has 136 valence electrons. The number of hydrogen-bond donors (Lipinski definition) is 0. The minimum atomic E-state index is -0.0186. The SMILES string of the molecule is Cc1ccc2nc(C(=O)N3CCCC(c4nnc5ccccn45)C3)cn2c1. The Kier molecular flexibility index (Phi) is 3.67. The van der Waals surface area contributed by atoms with Crippen LogP contribution in [0.25, 0.3) is 11.3 Å². The first-order chi connectivity index (χ1) is 13.2. The molecule has 0 aromatic carbocycles. The lowest BCUT2D eigenvalue weighted by Gasteiger charge is -2.31. The van der Waals surface area contributed by atoms with Gasteiger partial charge in [0.05, 0.1) is 0 Å². The summed E-state index contributed by atoms with van der Waals surface area (Å²) >= 11 is 0. The Morgan fingerprint density at radius 1 is 1.11 bits per heavy atom. The number of piperidine rings is 1. The van der Waals surface area contributed by atoms with E-state index in [1.807, 2.05) is 69.5 Å². The van der Waals surface area contributed by atoms with E-state index in [1.165, 1.54) is 0 Å². The van der Waals surface area contributed by atoms with Crippen LogP contribution in [0, 0.1) is 6.92 Å². The van der Waals surface area contributed by atoms with Crippen LogP contribution in [0.2, 0.25) is 0 Å². The molecule has 0 spiro atoms. The summed E-state index contributed by atoms with van der Waals surface area (Å²) in [5.74, 6) is 1.09. The van der Waals surface area contributed by atoms with Gasteiger partial charge in [-0.05, 0) is 43.5 Å². The van der Waals surface area contributed by atoms with Crippen LogP contribution in [-0.2, 0) is 0 Å². The number of carbonyl (C=O) groups excluding carboxylic acids is 1. The van der Waals surface area contributed by atoms with Crippen molar-refractivity contribution in [2.24, 2.45) is 0 Å². The van der Waals surface area contributed by atoms with Crippen molar-refractivity contribution in [1.82, 2.24) is 28.9 Å². The first kappa shape index (κ1) is 16.0. The van der Waals surface area contributed by atoms with Gasteiger partial charge in [-0.25, -0.2) is 4.98 Å². The average Bonchev–Trinajstić information content (AvgIpc) is 3.31. The average molecular weight is 360 g/mol. The first-order valence-electron chi connectivity index (χ1n) is 9.23. The molecule has 0 saturated carbocycles. The molecule has 1 aliphatic rings. The number of nitrogens with zero attached hydrogens (tertiary/aromatic N) is 6. The fourth-order valence-electron chi connectivity index (χ4n) is 3.88. The molecule has 7 nitrogen and oxygen atoms in total. The number of carbonyl (C=O) groups is 1. The molecule has 4 aromatic rings. The molecular formula is C20H20N6O. The van der Waals surface area contributed by atoms with Gasteiger partial charge in [-0.15, -0.1) is 10.2 Å². The lowest BCUT2D eigenvalue weighted by molar-refractivity contribution is 0.0699. The van der Waals surface area contributed by atoms with Crippen molar-refractivity contribution in [3.05, 3.63) is 66.0 Å². The summed E-state index contributed by atoms with van der Waals surface area (Å²) in [5, 5.41) is 8.64. The summed E-state index contributed by atoms with van der Waals surface area (Å²) in [6.07, 6.45) is 7.74. The van der Waals surface area contributed by atoms with Crippen LogP contribution in [0.15, 0.2) is 48.9 Å². The fraction of sp³-hybridized carbons (Fsp3) is 0.300. The number of imidazole rings is 1. The van der Waals surface area contributed by atoms with Crippen LogP contribution in [0.1, 0.15) is 40.6 Å². The highest BCUT2D eigenvalue weighted by atomic mass is 16.2. The van der Waals surface area contributed by atoms with Gasteiger partial charge in [-0.3, -0.25) is 9.20 Å². The third kappa shape index (κ3) is 2.75. The molecule has 27 heavy (non-hydrogen) atoms. The maximum absolute atomic E-state index is 13.0. The van der Waals surface area contributed by atoms with Crippen molar-refractivity contribution in [3.8, 4) is 0 Å². The van der Waals surface area contributed by atoms with E-state index in [0.717, 1.165) is 42.1 Å². The minimum absolute atomic E-state index is 0.0186. The number of aromatic nitrogens is 5. The second-order valence-electron chi connectivity index (χ2n) is 7.18. The molecule has 4 aromatic heterocycles. The molecule has 1 saturated heterocycles. The normalized spacial score (nSPS) is 17.7. The monoisotopic (exact) mass is 360 g/mol. The van der Waals surface area contributed by atoms with Crippen LogP contribution >= 0.6 is 0 Å². The van der Waals surface area contributed by atoms with Gasteiger partial charge in [0, 0.05) is 37.6 Å². The molecule has 1 unspecified atom stereocenters. The summed E-state index contributed by atoms with van der Waals surface area (Å²) in [7, 11) is 0. The molecule has 5 rings (SSSR count). The van der Waals surface area contributed by atoms with Gasteiger partial charge in [0.15, 0.2) is 5.65 Å². The second kappa shape index (κ2) is 6.19. The molecule has 7 heteroatoms. The quantitative estimate of drug-likeness (QED) is 0.551. The van der Waals surface area contributed by atoms with E-state index in [-0.39, 0.29) is 11.8 Å². The van der Waals surface area contributed by atoms with Crippen molar-refractivity contribution in [1.29, 1.82) is 0 Å². The molecule has 5 heterocycles.